The number of hydrogen-bond acceptors (Lipinski definition) is 7. The molecule has 3 aromatic rings. The van der Waals surface area contributed by atoms with Gasteiger partial charge in [-0.25, -0.2) is 17.9 Å². The number of amides is 1. The van der Waals surface area contributed by atoms with Gasteiger partial charge in [-0.3, -0.25) is 4.79 Å². The summed E-state index contributed by atoms with van der Waals surface area (Å²) in [4.78, 5) is 27.6. The summed E-state index contributed by atoms with van der Waals surface area (Å²) in [7, 11) is -1.18. The lowest BCUT2D eigenvalue weighted by Gasteiger charge is -2.18. The van der Waals surface area contributed by atoms with Crippen LogP contribution < -0.4 is 15.4 Å². The lowest BCUT2D eigenvalue weighted by atomic mass is 9.99. The first-order chi connectivity index (χ1) is 19.1. The Morgan fingerprint density at radius 1 is 1.00 bits per heavy atom. The molecule has 1 aliphatic rings. The van der Waals surface area contributed by atoms with Crippen molar-refractivity contribution in [3.63, 3.8) is 0 Å². The SMILES string of the molecule is CCOC(=O)c1ccc2c(c1)NC(=O)/C2=C(/Nc1ccc(CN(C)CCCNS(C)(=O)=O)cc1)c1ccccc1. The summed E-state index contributed by atoms with van der Waals surface area (Å²) < 4.78 is 30.0. The first kappa shape index (κ1) is 29.0. The Morgan fingerprint density at radius 2 is 1.73 bits per heavy atom. The third-order valence-electron chi connectivity index (χ3n) is 6.34. The molecule has 3 N–H and O–H groups in total. The van der Waals surface area contributed by atoms with E-state index in [4.69, 9.17) is 4.74 Å². The van der Waals surface area contributed by atoms with Crippen LogP contribution in [0, 0.1) is 0 Å². The van der Waals surface area contributed by atoms with E-state index < -0.39 is 16.0 Å². The van der Waals surface area contributed by atoms with Crippen LogP contribution >= 0.6 is 0 Å². The van der Waals surface area contributed by atoms with Gasteiger partial charge in [-0.15, -0.1) is 0 Å². The number of carbonyl (C=O) groups excluding carboxylic acids is 2. The average Bonchev–Trinajstić information content (AvgIpc) is 3.25. The second-order valence-corrected chi connectivity index (χ2v) is 11.5. The molecule has 0 aliphatic carbocycles. The number of esters is 1. The highest BCUT2D eigenvalue weighted by atomic mass is 32.2. The van der Waals surface area contributed by atoms with Gasteiger partial charge in [0.05, 0.1) is 35.4 Å². The summed E-state index contributed by atoms with van der Waals surface area (Å²) in [5, 5.41) is 6.34. The lowest BCUT2D eigenvalue weighted by molar-refractivity contribution is -0.110. The van der Waals surface area contributed by atoms with Gasteiger partial charge in [0.2, 0.25) is 10.0 Å². The number of anilines is 2. The highest BCUT2D eigenvalue weighted by Gasteiger charge is 2.29. The number of hydrogen-bond donors (Lipinski definition) is 3. The van der Waals surface area contributed by atoms with Gasteiger partial charge in [-0.1, -0.05) is 48.5 Å². The molecule has 9 nitrogen and oxygen atoms in total. The molecule has 210 valence electrons. The maximum atomic E-state index is 13.2. The summed E-state index contributed by atoms with van der Waals surface area (Å²) in [5.41, 5.74) is 5.56. The van der Waals surface area contributed by atoms with Crippen molar-refractivity contribution in [2.75, 3.05) is 43.6 Å². The minimum absolute atomic E-state index is 0.258. The largest absolute Gasteiger partial charge is 0.462 e. The summed E-state index contributed by atoms with van der Waals surface area (Å²) in [6, 6.07) is 22.7. The fraction of sp³-hybridized carbons (Fsp3) is 0.267. The molecule has 0 fully saturated rings. The molecule has 10 heteroatoms. The van der Waals surface area contributed by atoms with Crippen molar-refractivity contribution in [3.05, 3.63) is 95.1 Å². The third-order valence-corrected chi connectivity index (χ3v) is 7.07. The monoisotopic (exact) mass is 562 g/mol. The molecule has 0 radical (unpaired) electrons. The molecule has 3 aromatic carbocycles. The van der Waals surface area contributed by atoms with Crippen LogP contribution in [-0.2, 0) is 26.1 Å². The van der Waals surface area contributed by atoms with Gasteiger partial charge in [0.1, 0.15) is 0 Å². The van der Waals surface area contributed by atoms with Crippen LogP contribution in [0.3, 0.4) is 0 Å². The Kier molecular flexibility index (Phi) is 9.36. The number of nitrogens with zero attached hydrogens (tertiary/aromatic N) is 1. The molecule has 40 heavy (non-hydrogen) atoms. The zero-order chi connectivity index (χ0) is 28.7. The number of benzene rings is 3. The molecule has 0 saturated heterocycles. The molecule has 1 heterocycles. The highest BCUT2D eigenvalue weighted by Crippen LogP contribution is 2.38. The predicted molar refractivity (Wildman–Crippen MR) is 158 cm³/mol. The Bertz CT molecular complexity index is 1500. The van der Waals surface area contributed by atoms with E-state index in [1.807, 2.05) is 61.6 Å². The van der Waals surface area contributed by atoms with E-state index in [-0.39, 0.29) is 12.5 Å². The van der Waals surface area contributed by atoms with Crippen LogP contribution in [0.25, 0.3) is 11.3 Å². The van der Waals surface area contributed by atoms with E-state index in [0.29, 0.717) is 47.6 Å². The van der Waals surface area contributed by atoms with Crippen LogP contribution in [0.1, 0.15) is 40.4 Å². The number of fused-ring (bicyclic) bond motifs is 1. The molecule has 4 rings (SSSR count). The van der Waals surface area contributed by atoms with Crippen molar-refractivity contribution >= 4 is 44.5 Å². The van der Waals surface area contributed by atoms with E-state index in [2.05, 4.69) is 20.3 Å². The van der Waals surface area contributed by atoms with E-state index in [1.165, 1.54) is 0 Å². The van der Waals surface area contributed by atoms with Crippen molar-refractivity contribution in [1.82, 2.24) is 9.62 Å². The zero-order valence-corrected chi connectivity index (χ0v) is 23.7. The van der Waals surface area contributed by atoms with Crippen LogP contribution in [0.5, 0.6) is 0 Å². The number of rotatable bonds is 12. The summed E-state index contributed by atoms with van der Waals surface area (Å²) >= 11 is 0. The van der Waals surface area contributed by atoms with E-state index >= 15 is 0 Å². The predicted octanol–water partition coefficient (Wildman–Crippen LogP) is 4.17. The van der Waals surface area contributed by atoms with Gasteiger partial charge < -0.3 is 20.3 Å². The molecular formula is C30H34N4O5S. The van der Waals surface area contributed by atoms with Gasteiger partial charge in [0.25, 0.3) is 5.91 Å². The molecule has 0 unspecified atom stereocenters. The van der Waals surface area contributed by atoms with Crippen molar-refractivity contribution < 1.29 is 22.7 Å². The molecule has 1 aliphatic heterocycles. The number of nitrogens with one attached hydrogen (secondary N) is 3. The number of ether oxygens (including phenoxy) is 1. The van der Waals surface area contributed by atoms with Crippen LogP contribution in [0.2, 0.25) is 0 Å². The second kappa shape index (κ2) is 12.9. The molecule has 0 aromatic heterocycles. The highest BCUT2D eigenvalue weighted by molar-refractivity contribution is 7.88. The van der Waals surface area contributed by atoms with Crippen LogP contribution in [-0.4, -0.2) is 58.2 Å². The Balaban J connectivity index is 1.54. The van der Waals surface area contributed by atoms with E-state index in [1.54, 1.807) is 25.1 Å². The average molecular weight is 563 g/mol. The number of carbonyl (C=O) groups is 2. The van der Waals surface area contributed by atoms with Crippen molar-refractivity contribution in [1.29, 1.82) is 0 Å². The minimum atomic E-state index is -3.17. The summed E-state index contributed by atoms with van der Waals surface area (Å²) in [6.07, 6.45) is 1.87. The van der Waals surface area contributed by atoms with Crippen LogP contribution in [0.15, 0.2) is 72.8 Å². The molecule has 1 amide bonds. The molecule has 0 bridgehead atoms. The fourth-order valence-electron chi connectivity index (χ4n) is 4.48. The lowest BCUT2D eigenvalue weighted by Crippen LogP contribution is -2.27. The van der Waals surface area contributed by atoms with Gasteiger partial charge in [0, 0.05) is 24.3 Å². The first-order valence-corrected chi connectivity index (χ1v) is 15.0. The van der Waals surface area contributed by atoms with E-state index in [0.717, 1.165) is 29.6 Å². The Labute approximate surface area is 235 Å². The van der Waals surface area contributed by atoms with Crippen LogP contribution in [0.4, 0.5) is 11.4 Å². The summed E-state index contributed by atoms with van der Waals surface area (Å²) in [5.74, 6) is -0.694. The second-order valence-electron chi connectivity index (χ2n) is 9.63. The Hall–Kier alpha value is -3.99. The summed E-state index contributed by atoms with van der Waals surface area (Å²) in [6.45, 7) is 3.89. The normalized spacial score (nSPS) is 14.1. The molecule has 0 saturated carbocycles. The quantitative estimate of drug-likeness (QED) is 0.172. The molecule has 0 atom stereocenters. The van der Waals surface area contributed by atoms with Gasteiger partial charge >= 0.3 is 5.97 Å². The van der Waals surface area contributed by atoms with Crippen molar-refractivity contribution in [2.45, 2.75) is 19.9 Å². The minimum Gasteiger partial charge on any atom is -0.462 e. The zero-order valence-electron chi connectivity index (χ0n) is 22.9. The fourth-order valence-corrected chi connectivity index (χ4v) is 5.00. The Morgan fingerprint density at radius 3 is 2.40 bits per heavy atom. The van der Waals surface area contributed by atoms with Crippen molar-refractivity contribution in [3.8, 4) is 0 Å². The topological polar surface area (TPSA) is 117 Å². The van der Waals surface area contributed by atoms with E-state index in [9.17, 15) is 18.0 Å². The number of sulfonamides is 1. The van der Waals surface area contributed by atoms with Gasteiger partial charge in [-0.2, -0.15) is 0 Å². The van der Waals surface area contributed by atoms with Gasteiger partial charge in [0.15, 0.2) is 0 Å². The molecule has 0 spiro atoms. The molecular weight excluding hydrogens is 528 g/mol. The first-order valence-electron chi connectivity index (χ1n) is 13.1. The maximum absolute atomic E-state index is 13.2. The third kappa shape index (κ3) is 7.56. The van der Waals surface area contributed by atoms with Crippen molar-refractivity contribution in [2.24, 2.45) is 0 Å². The smallest absolute Gasteiger partial charge is 0.338 e. The standard InChI is InChI=1S/C30H34N4O5S/c1-4-39-30(36)23-13-16-25-26(19-23)33-29(35)27(25)28(22-9-6-5-7-10-22)32-24-14-11-21(12-15-24)20-34(2)18-8-17-31-40(3,37)38/h5-7,9-16,19,31-32H,4,8,17-18,20H2,1-3H3,(H,33,35)/b28-27+. The van der Waals surface area contributed by atoms with Gasteiger partial charge in [-0.05, 0) is 62.3 Å². The maximum Gasteiger partial charge on any atom is 0.338 e.